The molecule has 4 nitrogen and oxygen atoms in total. The normalized spacial score (nSPS) is 21.8. The maximum Gasteiger partial charge on any atom is 0.253 e. The van der Waals surface area contributed by atoms with Crippen molar-refractivity contribution in [2.24, 2.45) is 11.7 Å². The number of hydrogen-bond donors (Lipinski definition) is 1. The van der Waals surface area contributed by atoms with Crippen LogP contribution in [0.4, 0.5) is 0 Å². The Hall–Kier alpha value is -1.55. The molecule has 2 aliphatic heterocycles. The Morgan fingerprint density at radius 2 is 2.39 bits per heavy atom. The number of rotatable bonds is 2. The Bertz CT molecular complexity index is 473. The van der Waals surface area contributed by atoms with Crippen molar-refractivity contribution >= 4 is 5.91 Å². The number of amides is 1. The molecule has 0 saturated carbocycles. The molecule has 1 fully saturated rings. The molecule has 0 bridgehead atoms. The second-order valence-electron chi connectivity index (χ2n) is 5.06. The number of carbonyl (C=O) groups is 1. The molecule has 4 heteroatoms. The van der Waals surface area contributed by atoms with Crippen molar-refractivity contribution in [3.05, 3.63) is 29.3 Å². The summed E-state index contributed by atoms with van der Waals surface area (Å²) in [4.78, 5) is 14.3. The third-order valence-corrected chi connectivity index (χ3v) is 3.84. The topological polar surface area (TPSA) is 55.6 Å². The standard InChI is InChI=1S/C14H18N2O2/c15-8-10-3-5-16(9-10)14(17)12-1-2-13-11(7-12)4-6-18-13/h1-2,7,10H,3-6,8-9,15H2/t10-/m0/s1. The van der Waals surface area contributed by atoms with Crippen LogP contribution in [0.3, 0.4) is 0 Å². The Balaban J connectivity index is 1.77. The zero-order chi connectivity index (χ0) is 12.5. The fraction of sp³-hybridized carbons (Fsp3) is 0.500. The molecule has 1 amide bonds. The number of carbonyl (C=O) groups excluding carboxylic acids is 1. The number of benzene rings is 1. The van der Waals surface area contributed by atoms with Gasteiger partial charge in [-0.05, 0) is 42.6 Å². The molecule has 3 rings (SSSR count). The Morgan fingerprint density at radius 3 is 3.17 bits per heavy atom. The Labute approximate surface area is 107 Å². The predicted molar refractivity (Wildman–Crippen MR) is 68.7 cm³/mol. The van der Waals surface area contributed by atoms with E-state index in [0.29, 0.717) is 12.5 Å². The number of hydrogen-bond acceptors (Lipinski definition) is 3. The van der Waals surface area contributed by atoms with E-state index in [1.165, 1.54) is 0 Å². The minimum absolute atomic E-state index is 0.126. The average molecular weight is 246 g/mol. The first-order chi connectivity index (χ1) is 8.78. The summed E-state index contributed by atoms with van der Waals surface area (Å²) in [6, 6.07) is 5.74. The molecule has 0 aliphatic carbocycles. The summed E-state index contributed by atoms with van der Waals surface area (Å²) >= 11 is 0. The third-order valence-electron chi connectivity index (χ3n) is 3.84. The summed E-state index contributed by atoms with van der Waals surface area (Å²) < 4.78 is 5.45. The predicted octanol–water partition coefficient (Wildman–Crippen LogP) is 1.04. The van der Waals surface area contributed by atoms with Crippen molar-refractivity contribution < 1.29 is 9.53 Å². The molecule has 1 saturated heterocycles. The summed E-state index contributed by atoms with van der Waals surface area (Å²) in [5, 5.41) is 0. The highest BCUT2D eigenvalue weighted by molar-refractivity contribution is 5.94. The fourth-order valence-electron chi connectivity index (χ4n) is 2.71. The largest absolute Gasteiger partial charge is 0.493 e. The van der Waals surface area contributed by atoms with E-state index in [9.17, 15) is 4.79 Å². The fourth-order valence-corrected chi connectivity index (χ4v) is 2.71. The van der Waals surface area contributed by atoms with Gasteiger partial charge in [-0.2, -0.15) is 0 Å². The Morgan fingerprint density at radius 1 is 1.50 bits per heavy atom. The van der Waals surface area contributed by atoms with Gasteiger partial charge in [0.2, 0.25) is 0 Å². The molecule has 0 unspecified atom stereocenters. The molecule has 1 atom stereocenters. The van der Waals surface area contributed by atoms with Gasteiger partial charge < -0.3 is 15.4 Å². The highest BCUT2D eigenvalue weighted by atomic mass is 16.5. The smallest absolute Gasteiger partial charge is 0.253 e. The minimum Gasteiger partial charge on any atom is -0.493 e. The minimum atomic E-state index is 0.126. The first-order valence-electron chi connectivity index (χ1n) is 6.53. The van der Waals surface area contributed by atoms with Crippen molar-refractivity contribution in [3.63, 3.8) is 0 Å². The lowest BCUT2D eigenvalue weighted by molar-refractivity contribution is 0.0787. The van der Waals surface area contributed by atoms with E-state index in [1.807, 2.05) is 23.1 Å². The molecule has 96 valence electrons. The van der Waals surface area contributed by atoms with Crippen LogP contribution in [0.15, 0.2) is 18.2 Å². The maximum atomic E-state index is 12.4. The lowest BCUT2D eigenvalue weighted by Crippen LogP contribution is -2.29. The summed E-state index contributed by atoms with van der Waals surface area (Å²) in [7, 11) is 0. The van der Waals surface area contributed by atoms with Crippen molar-refractivity contribution in [3.8, 4) is 5.75 Å². The van der Waals surface area contributed by atoms with Crippen LogP contribution in [0.1, 0.15) is 22.3 Å². The third kappa shape index (κ3) is 1.97. The molecule has 1 aromatic carbocycles. The van der Waals surface area contributed by atoms with E-state index < -0.39 is 0 Å². The molecule has 2 heterocycles. The summed E-state index contributed by atoms with van der Waals surface area (Å²) in [6.07, 6.45) is 1.93. The molecule has 0 spiro atoms. The van der Waals surface area contributed by atoms with Crippen LogP contribution in [-0.2, 0) is 6.42 Å². The van der Waals surface area contributed by atoms with Crippen LogP contribution in [0, 0.1) is 5.92 Å². The van der Waals surface area contributed by atoms with Gasteiger partial charge in [-0.15, -0.1) is 0 Å². The monoisotopic (exact) mass is 246 g/mol. The maximum absolute atomic E-state index is 12.4. The lowest BCUT2D eigenvalue weighted by atomic mass is 10.1. The van der Waals surface area contributed by atoms with Crippen molar-refractivity contribution in [1.29, 1.82) is 0 Å². The summed E-state index contributed by atoms with van der Waals surface area (Å²) in [5.74, 6) is 1.51. The molecule has 0 aromatic heterocycles. The van der Waals surface area contributed by atoms with Crippen LogP contribution in [0.25, 0.3) is 0 Å². The summed E-state index contributed by atoms with van der Waals surface area (Å²) in [6.45, 7) is 3.02. The molecule has 2 aliphatic rings. The van der Waals surface area contributed by atoms with Gasteiger partial charge in [0.05, 0.1) is 6.61 Å². The van der Waals surface area contributed by atoms with Gasteiger partial charge in [-0.3, -0.25) is 4.79 Å². The zero-order valence-electron chi connectivity index (χ0n) is 10.4. The van der Waals surface area contributed by atoms with Gasteiger partial charge in [0, 0.05) is 25.1 Å². The van der Waals surface area contributed by atoms with E-state index in [4.69, 9.17) is 10.5 Å². The van der Waals surface area contributed by atoms with Crippen molar-refractivity contribution in [1.82, 2.24) is 4.90 Å². The van der Waals surface area contributed by atoms with Crippen LogP contribution >= 0.6 is 0 Å². The number of fused-ring (bicyclic) bond motifs is 1. The number of likely N-dealkylation sites (tertiary alicyclic amines) is 1. The van der Waals surface area contributed by atoms with E-state index in [2.05, 4.69) is 0 Å². The van der Waals surface area contributed by atoms with Gasteiger partial charge in [0.1, 0.15) is 5.75 Å². The van der Waals surface area contributed by atoms with Crippen molar-refractivity contribution in [2.75, 3.05) is 26.2 Å². The number of nitrogens with zero attached hydrogens (tertiary/aromatic N) is 1. The highest BCUT2D eigenvalue weighted by Crippen LogP contribution is 2.27. The lowest BCUT2D eigenvalue weighted by Gasteiger charge is -2.16. The highest BCUT2D eigenvalue weighted by Gasteiger charge is 2.26. The van der Waals surface area contributed by atoms with E-state index in [1.54, 1.807) is 0 Å². The first kappa shape index (κ1) is 11.5. The molecular weight excluding hydrogens is 228 g/mol. The first-order valence-corrected chi connectivity index (χ1v) is 6.53. The number of nitrogens with two attached hydrogens (primary N) is 1. The van der Waals surface area contributed by atoms with E-state index in [-0.39, 0.29) is 5.91 Å². The summed E-state index contributed by atoms with van der Waals surface area (Å²) in [5.41, 5.74) is 7.58. The Kier molecular flexibility index (Phi) is 2.96. The molecule has 0 radical (unpaired) electrons. The number of ether oxygens (including phenoxy) is 1. The van der Waals surface area contributed by atoms with Crippen LogP contribution < -0.4 is 10.5 Å². The van der Waals surface area contributed by atoms with Crippen LogP contribution in [0.2, 0.25) is 0 Å². The van der Waals surface area contributed by atoms with Gasteiger partial charge >= 0.3 is 0 Å². The van der Waals surface area contributed by atoms with Gasteiger partial charge in [-0.1, -0.05) is 0 Å². The molecule has 1 aromatic rings. The van der Waals surface area contributed by atoms with Crippen LogP contribution in [0.5, 0.6) is 5.75 Å². The van der Waals surface area contributed by atoms with E-state index >= 15 is 0 Å². The van der Waals surface area contributed by atoms with Crippen molar-refractivity contribution in [2.45, 2.75) is 12.8 Å². The second-order valence-corrected chi connectivity index (χ2v) is 5.06. The quantitative estimate of drug-likeness (QED) is 0.848. The SMILES string of the molecule is NC[C@@H]1CCN(C(=O)c2ccc3c(c2)CCO3)C1. The second kappa shape index (κ2) is 4.61. The van der Waals surface area contributed by atoms with Gasteiger partial charge in [-0.25, -0.2) is 0 Å². The molecular formula is C14H18N2O2. The molecule has 2 N–H and O–H groups in total. The van der Waals surface area contributed by atoms with E-state index in [0.717, 1.165) is 49.4 Å². The van der Waals surface area contributed by atoms with Gasteiger partial charge in [0.25, 0.3) is 5.91 Å². The average Bonchev–Trinajstić information content (AvgIpc) is 3.05. The van der Waals surface area contributed by atoms with Gasteiger partial charge in [0.15, 0.2) is 0 Å². The zero-order valence-corrected chi connectivity index (χ0v) is 10.4. The van der Waals surface area contributed by atoms with Crippen LogP contribution in [-0.4, -0.2) is 37.0 Å². The molecule has 18 heavy (non-hydrogen) atoms.